The molecule has 0 amide bonds. The molecular weight excluding hydrogens is 749 g/mol. The topological polar surface area (TPSA) is 96.3 Å². The lowest BCUT2D eigenvalue weighted by molar-refractivity contribution is -0.217. The molecule has 3 heterocycles. The maximum absolute atomic E-state index is 14.3. The van der Waals surface area contributed by atoms with Crippen LogP contribution in [0.3, 0.4) is 0 Å². The van der Waals surface area contributed by atoms with Crippen LogP contribution in [-0.4, -0.2) is 43.9 Å². The number of carbonyl (C=O) groups is 2. The highest BCUT2D eigenvalue weighted by molar-refractivity contribution is 7.14. The summed E-state index contributed by atoms with van der Waals surface area (Å²) >= 11 is 1.64. The number of nitrogens with zero attached hydrogens (tertiary/aromatic N) is 4. The third-order valence-corrected chi connectivity index (χ3v) is 18.3. The predicted octanol–water partition coefficient (Wildman–Crippen LogP) is 12.1. The normalized spacial score (nSPS) is 34.3. The fraction of sp³-hybridized carbons (Fsp3) is 0.510. The number of ketones is 1. The van der Waals surface area contributed by atoms with Crippen molar-refractivity contribution < 1.29 is 14.7 Å². The van der Waals surface area contributed by atoms with Crippen LogP contribution in [0, 0.1) is 51.2 Å². The molecule has 5 aliphatic carbocycles. The van der Waals surface area contributed by atoms with Crippen molar-refractivity contribution in [3.63, 3.8) is 0 Å². The van der Waals surface area contributed by atoms with Crippen LogP contribution in [0.1, 0.15) is 126 Å². The van der Waals surface area contributed by atoms with Gasteiger partial charge in [0.25, 0.3) is 0 Å². The fourth-order valence-electron chi connectivity index (χ4n) is 14.7. The molecule has 4 saturated carbocycles. The number of carbonyl (C=O) groups excluding carboxylic acids is 1. The second kappa shape index (κ2) is 14.4. The number of carboxylic acid groups (broad SMARTS) is 1. The standard InChI is InChI=1S/C51H60N4O3S/c1-32(2)35-20-25-51(55(30-41(56)39-13-9-11-29-53-39)46-54-40(31-59-46)38-12-8-10-28-52-38)27-26-49(6)37(44(35)51)18-19-43-48(5)23-21-36(33-14-16-34(17-15-33)45(57)58)47(3,4)42(48)22-24-50(43,49)7/h8-17,21,28-29,31,35,37,42-44H,1,18-20,22-27,30H2,2-7H3,(H,57,58)/t35-,37+,42-,43+,44+,48-,49+,50+,51-/m0/s1. The molecule has 4 aromatic rings. The number of hydrogen-bond donors (Lipinski definition) is 1. The van der Waals surface area contributed by atoms with Gasteiger partial charge < -0.3 is 10.0 Å². The molecule has 1 N–H and O–H groups in total. The number of allylic oxidation sites excluding steroid dienone is 3. The van der Waals surface area contributed by atoms with E-state index in [-0.39, 0.29) is 39.5 Å². The van der Waals surface area contributed by atoms with Crippen molar-refractivity contribution in [1.82, 2.24) is 15.0 Å². The van der Waals surface area contributed by atoms with Crippen molar-refractivity contribution in [2.75, 3.05) is 11.4 Å². The largest absolute Gasteiger partial charge is 0.478 e. The van der Waals surface area contributed by atoms with Crippen molar-refractivity contribution in [2.24, 2.45) is 51.2 Å². The van der Waals surface area contributed by atoms with Crippen LogP contribution in [-0.2, 0) is 0 Å². The van der Waals surface area contributed by atoms with Crippen LogP contribution in [0.4, 0.5) is 5.13 Å². The van der Waals surface area contributed by atoms with Crippen LogP contribution in [0.15, 0.2) is 96.7 Å². The molecule has 0 aliphatic heterocycles. The number of thiazole rings is 1. The van der Waals surface area contributed by atoms with Crippen molar-refractivity contribution in [3.8, 4) is 11.4 Å². The number of rotatable bonds is 9. The molecular formula is C51H60N4O3S. The smallest absolute Gasteiger partial charge is 0.335 e. The van der Waals surface area contributed by atoms with E-state index in [1.165, 1.54) is 36.8 Å². The number of Topliss-reactive ketones (excluding diaryl/α,β-unsaturated/α-hetero) is 1. The number of anilines is 1. The summed E-state index contributed by atoms with van der Waals surface area (Å²) in [6, 6.07) is 19.1. The molecule has 3 aromatic heterocycles. The maximum atomic E-state index is 14.3. The van der Waals surface area contributed by atoms with E-state index in [0.717, 1.165) is 54.2 Å². The number of pyridine rings is 2. The Balaban J connectivity index is 1.09. The average Bonchev–Trinajstić information content (AvgIpc) is 3.87. The van der Waals surface area contributed by atoms with E-state index < -0.39 is 5.97 Å². The summed E-state index contributed by atoms with van der Waals surface area (Å²) in [5.41, 5.74) is 6.49. The van der Waals surface area contributed by atoms with E-state index in [2.05, 4.69) is 74.4 Å². The summed E-state index contributed by atoms with van der Waals surface area (Å²) in [6.07, 6.45) is 16.1. The zero-order valence-corrected chi connectivity index (χ0v) is 36.5. The number of carboxylic acids is 1. The second-order valence-corrected chi connectivity index (χ2v) is 21.0. The van der Waals surface area contributed by atoms with Crippen molar-refractivity contribution in [3.05, 3.63) is 113 Å². The molecule has 0 bridgehead atoms. The number of benzene rings is 1. The van der Waals surface area contributed by atoms with Crippen LogP contribution in [0.5, 0.6) is 0 Å². The molecule has 0 radical (unpaired) electrons. The highest BCUT2D eigenvalue weighted by atomic mass is 32.1. The molecule has 0 saturated heterocycles. The Morgan fingerprint density at radius 3 is 2.25 bits per heavy atom. The third-order valence-electron chi connectivity index (χ3n) is 17.5. The predicted molar refractivity (Wildman–Crippen MR) is 237 cm³/mol. The van der Waals surface area contributed by atoms with Gasteiger partial charge in [0.2, 0.25) is 0 Å². The molecule has 0 spiro atoms. The Morgan fingerprint density at radius 2 is 1.58 bits per heavy atom. The van der Waals surface area contributed by atoms with E-state index >= 15 is 0 Å². The van der Waals surface area contributed by atoms with Crippen LogP contribution in [0.2, 0.25) is 0 Å². The first-order chi connectivity index (χ1) is 28.1. The van der Waals surface area contributed by atoms with E-state index in [4.69, 9.17) is 4.98 Å². The summed E-state index contributed by atoms with van der Waals surface area (Å²) in [6.45, 7) is 20.1. The summed E-state index contributed by atoms with van der Waals surface area (Å²) in [7, 11) is 0. The zero-order chi connectivity index (χ0) is 41.5. The van der Waals surface area contributed by atoms with Gasteiger partial charge in [-0.3, -0.25) is 14.8 Å². The number of aromatic carboxylic acids is 1. The Morgan fingerprint density at radius 1 is 0.831 bits per heavy atom. The summed E-state index contributed by atoms with van der Waals surface area (Å²) < 4.78 is 0. The number of fused-ring (bicyclic) bond motifs is 7. The van der Waals surface area contributed by atoms with Gasteiger partial charge in [-0.25, -0.2) is 9.78 Å². The highest BCUT2D eigenvalue weighted by Crippen LogP contribution is 2.77. The van der Waals surface area contributed by atoms with Crippen LogP contribution in [0.25, 0.3) is 17.0 Å². The molecule has 0 unspecified atom stereocenters. The number of aromatic nitrogens is 3. The van der Waals surface area contributed by atoms with E-state index in [0.29, 0.717) is 40.8 Å². The van der Waals surface area contributed by atoms with Gasteiger partial charge in [0.15, 0.2) is 10.9 Å². The van der Waals surface area contributed by atoms with Gasteiger partial charge in [-0.2, -0.15) is 0 Å². The Bertz CT molecular complexity index is 2300. The molecule has 59 heavy (non-hydrogen) atoms. The molecule has 308 valence electrons. The number of hydrogen-bond acceptors (Lipinski definition) is 7. The molecule has 5 aliphatic rings. The second-order valence-electron chi connectivity index (χ2n) is 20.2. The molecule has 8 heteroatoms. The first kappa shape index (κ1) is 40.0. The molecule has 9 atom stereocenters. The van der Waals surface area contributed by atoms with Crippen molar-refractivity contribution >= 4 is 33.8 Å². The van der Waals surface area contributed by atoms with Gasteiger partial charge in [-0.15, -0.1) is 11.3 Å². The Hall–Kier alpha value is -4.43. The lowest BCUT2D eigenvalue weighted by Crippen LogP contribution is -2.68. The Labute approximate surface area is 354 Å². The summed E-state index contributed by atoms with van der Waals surface area (Å²) in [5.74, 6) is 1.47. The monoisotopic (exact) mass is 808 g/mol. The van der Waals surface area contributed by atoms with Gasteiger partial charge in [-0.05, 0) is 163 Å². The first-order valence-corrected chi connectivity index (χ1v) is 22.8. The van der Waals surface area contributed by atoms with Gasteiger partial charge in [0.05, 0.1) is 17.8 Å². The first-order valence-electron chi connectivity index (χ1n) is 21.9. The lowest BCUT2D eigenvalue weighted by atomic mass is 9.33. The van der Waals surface area contributed by atoms with Gasteiger partial charge in [0, 0.05) is 23.3 Å². The van der Waals surface area contributed by atoms with Crippen molar-refractivity contribution in [1.29, 1.82) is 0 Å². The van der Waals surface area contributed by atoms with E-state index in [1.807, 2.05) is 54.7 Å². The molecule has 4 fully saturated rings. The Kier molecular flexibility index (Phi) is 9.73. The molecule has 7 nitrogen and oxygen atoms in total. The SMILES string of the molecule is C=C(C)[C@@H]1CC[C@]2(N(CC(=O)c3ccccn3)c3nc(-c4ccccn4)cs3)CC[C@]3(C)[C@H](CC[C@@H]4[C@@]5(C)CC=C(c6ccc(C(=O)O)cc6)C(C)(C)[C@@H]5CC[C@]43C)[C@@H]12. The van der Waals surface area contributed by atoms with Crippen LogP contribution < -0.4 is 4.90 Å². The van der Waals surface area contributed by atoms with Gasteiger partial charge in [-0.1, -0.05) is 77.1 Å². The van der Waals surface area contributed by atoms with Crippen LogP contribution >= 0.6 is 11.3 Å². The average molecular weight is 809 g/mol. The summed E-state index contributed by atoms with van der Waals surface area (Å²) in [5, 5.41) is 12.6. The lowest BCUT2D eigenvalue weighted by Gasteiger charge is -2.73. The minimum atomic E-state index is -0.882. The van der Waals surface area contributed by atoms with Crippen molar-refractivity contribution in [2.45, 2.75) is 105 Å². The highest BCUT2D eigenvalue weighted by Gasteiger charge is 2.71. The quantitative estimate of drug-likeness (QED) is 0.133. The van der Waals surface area contributed by atoms with E-state index in [9.17, 15) is 14.7 Å². The maximum Gasteiger partial charge on any atom is 0.335 e. The van der Waals surface area contributed by atoms with E-state index in [1.54, 1.807) is 29.7 Å². The van der Waals surface area contributed by atoms with Gasteiger partial charge >= 0.3 is 5.97 Å². The molecule has 9 rings (SSSR count). The summed E-state index contributed by atoms with van der Waals surface area (Å²) in [4.78, 5) is 42.9. The third kappa shape index (κ3) is 6.04. The zero-order valence-electron chi connectivity index (χ0n) is 35.7. The fourth-order valence-corrected chi connectivity index (χ4v) is 15.6. The minimum Gasteiger partial charge on any atom is -0.478 e. The minimum absolute atomic E-state index is 0.0347. The van der Waals surface area contributed by atoms with Gasteiger partial charge in [0.1, 0.15) is 11.4 Å². The molecule has 1 aromatic carbocycles.